The van der Waals surface area contributed by atoms with E-state index in [1.165, 1.54) is 11.3 Å². The van der Waals surface area contributed by atoms with Gasteiger partial charge in [-0.25, -0.2) is 0 Å². The Labute approximate surface area is 170 Å². The molecule has 3 aromatic rings. The van der Waals surface area contributed by atoms with Crippen molar-refractivity contribution in [1.82, 2.24) is 5.32 Å². The van der Waals surface area contributed by atoms with Crippen LogP contribution >= 0.6 is 34.5 Å². The number of fused-ring (bicyclic) bond motifs is 1. The molecule has 0 aliphatic carbocycles. The van der Waals surface area contributed by atoms with Gasteiger partial charge in [-0.3, -0.25) is 4.79 Å². The molecule has 0 aliphatic rings. The van der Waals surface area contributed by atoms with E-state index in [4.69, 9.17) is 37.4 Å². The number of hydrogen-bond acceptors (Lipinski definition) is 5. The Morgan fingerprint density at radius 2 is 1.63 bits per heavy atom. The summed E-state index contributed by atoms with van der Waals surface area (Å²) in [4.78, 5) is 13.0. The Hall–Kier alpha value is -2.15. The summed E-state index contributed by atoms with van der Waals surface area (Å²) in [5.74, 6) is 1.50. The zero-order valence-corrected chi connectivity index (χ0v) is 17.2. The summed E-state index contributed by atoms with van der Waals surface area (Å²) in [6.07, 6.45) is 0. The first kappa shape index (κ1) is 19.6. The normalized spacial score (nSPS) is 10.7. The number of halogens is 2. The summed E-state index contributed by atoms with van der Waals surface area (Å²) in [6, 6.07) is 8.99. The number of methoxy groups -OCH3 is 3. The molecule has 1 N–H and O–H groups in total. The molecule has 2 aromatic carbocycles. The number of thiophene rings is 1. The number of carbonyl (C=O) groups excluding carboxylic acids is 1. The van der Waals surface area contributed by atoms with Crippen LogP contribution in [0.4, 0.5) is 0 Å². The predicted octanol–water partition coefficient (Wildman–Crippen LogP) is 5.16. The summed E-state index contributed by atoms with van der Waals surface area (Å²) in [5, 5.41) is 4.42. The molecule has 0 fully saturated rings. The van der Waals surface area contributed by atoms with Gasteiger partial charge in [0.15, 0.2) is 11.5 Å². The molecule has 0 saturated carbocycles. The van der Waals surface area contributed by atoms with E-state index in [2.05, 4.69) is 5.32 Å². The molecule has 27 heavy (non-hydrogen) atoms. The molecule has 142 valence electrons. The molecule has 0 spiro atoms. The quantitative estimate of drug-likeness (QED) is 0.591. The van der Waals surface area contributed by atoms with E-state index in [0.29, 0.717) is 38.7 Å². The van der Waals surface area contributed by atoms with Crippen molar-refractivity contribution in [3.63, 3.8) is 0 Å². The van der Waals surface area contributed by atoms with Crippen molar-refractivity contribution in [2.75, 3.05) is 21.3 Å². The first-order valence-corrected chi connectivity index (χ1v) is 9.51. The average Bonchev–Trinajstić information content (AvgIpc) is 3.03. The van der Waals surface area contributed by atoms with E-state index in [1.54, 1.807) is 39.5 Å². The zero-order valence-electron chi connectivity index (χ0n) is 14.9. The minimum atomic E-state index is -0.272. The van der Waals surface area contributed by atoms with Crippen LogP contribution < -0.4 is 19.5 Å². The molecule has 3 rings (SSSR count). The highest BCUT2D eigenvalue weighted by atomic mass is 35.5. The van der Waals surface area contributed by atoms with Gasteiger partial charge in [0.05, 0.1) is 31.1 Å². The van der Waals surface area contributed by atoms with Crippen molar-refractivity contribution in [1.29, 1.82) is 0 Å². The van der Waals surface area contributed by atoms with Gasteiger partial charge in [0.25, 0.3) is 5.91 Å². The van der Waals surface area contributed by atoms with Gasteiger partial charge in [-0.05, 0) is 29.8 Å². The fraction of sp³-hybridized carbons (Fsp3) is 0.211. The standard InChI is InChI=1S/C19H17Cl2NO4S/c1-24-12-6-4-10(8-14(12)26-3)9-22-19(23)18-15(20)11-5-7-13(25-2)16(21)17(11)27-18/h4-8H,9H2,1-3H3,(H,22,23). The van der Waals surface area contributed by atoms with Gasteiger partial charge >= 0.3 is 0 Å². The van der Waals surface area contributed by atoms with Gasteiger partial charge in [-0.15, -0.1) is 11.3 Å². The average molecular weight is 426 g/mol. The Morgan fingerprint density at radius 1 is 0.963 bits per heavy atom. The fourth-order valence-electron chi connectivity index (χ4n) is 2.64. The topological polar surface area (TPSA) is 56.8 Å². The molecule has 5 nitrogen and oxygen atoms in total. The third kappa shape index (κ3) is 3.78. The minimum Gasteiger partial charge on any atom is -0.495 e. The van der Waals surface area contributed by atoms with Gasteiger partial charge in [0, 0.05) is 11.9 Å². The smallest absolute Gasteiger partial charge is 0.263 e. The number of rotatable bonds is 6. The lowest BCUT2D eigenvalue weighted by molar-refractivity contribution is 0.0955. The summed E-state index contributed by atoms with van der Waals surface area (Å²) >= 11 is 14.0. The predicted molar refractivity (Wildman–Crippen MR) is 109 cm³/mol. The van der Waals surface area contributed by atoms with E-state index in [1.807, 2.05) is 12.1 Å². The monoisotopic (exact) mass is 425 g/mol. The first-order chi connectivity index (χ1) is 13.0. The molecule has 1 heterocycles. The lowest BCUT2D eigenvalue weighted by atomic mass is 10.2. The number of nitrogens with one attached hydrogen (secondary N) is 1. The van der Waals surface area contributed by atoms with Gasteiger partial charge in [0.1, 0.15) is 15.6 Å². The molecular weight excluding hydrogens is 409 g/mol. The second-order valence-electron chi connectivity index (χ2n) is 5.58. The molecule has 0 aliphatic heterocycles. The maximum atomic E-state index is 12.6. The van der Waals surface area contributed by atoms with Crippen LogP contribution in [-0.4, -0.2) is 27.2 Å². The van der Waals surface area contributed by atoms with E-state index >= 15 is 0 Å². The Balaban J connectivity index is 1.82. The minimum absolute atomic E-state index is 0.272. The number of hydrogen-bond donors (Lipinski definition) is 1. The highest BCUT2D eigenvalue weighted by Crippen LogP contribution is 2.43. The molecule has 0 saturated heterocycles. The molecule has 0 radical (unpaired) electrons. The number of carbonyl (C=O) groups is 1. The highest BCUT2D eigenvalue weighted by molar-refractivity contribution is 7.22. The molecule has 0 bridgehead atoms. The van der Waals surface area contributed by atoms with Crippen molar-refractivity contribution in [2.45, 2.75) is 6.54 Å². The Kier molecular flexibility index (Phi) is 5.99. The molecule has 0 atom stereocenters. The largest absolute Gasteiger partial charge is 0.495 e. The van der Waals surface area contributed by atoms with Crippen LogP contribution in [0, 0.1) is 0 Å². The number of amides is 1. The highest BCUT2D eigenvalue weighted by Gasteiger charge is 2.20. The van der Waals surface area contributed by atoms with Crippen LogP contribution in [0.5, 0.6) is 17.2 Å². The van der Waals surface area contributed by atoms with Crippen molar-refractivity contribution < 1.29 is 19.0 Å². The van der Waals surface area contributed by atoms with Crippen molar-refractivity contribution in [2.24, 2.45) is 0 Å². The zero-order chi connectivity index (χ0) is 19.6. The van der Waals surface area contributed by atoms with Crippen LogP contribution in [0.3, 0.4) is 0 Å². The van der Waals surface area contributed by atoms with Gasteiger partial charge < -0.3 is 19.5 Å². The van der Waals surface area contributed by atoms with Gasteiger partial charge in [-0.1, -0.05) is 29.3 Å². The summed E-state index contributed by atoms with van der Waals surface area (Å²) in [6.45, 7) is 0.320. The van der Waals surface area contributed by atoms with E-state index < -0.39 is 0 Å². The Morgan fingerprint density at radius 3 is 2.30 bits per heavy atom. The van der Waals surface area contributed by atoms with Gasteiger partial charge in [0.2, 0.25) is 0 Å². The van der Waals surface area contributed by atoms with Gasteiger partial charge in [-0.2, -0.15) is 0 Å². The van der Waals surface area contributed by atoms with Crippen LogP contribution in [0.15, 0.2) is 30.3 Å². The Bertz CT molecular complexity index is 1000. The summed E-state index contributed by atoms with van der Waals surface area (Å²) < 4.78 is 16.4. The van der Waals surface area contributed by atoms with E-state index in [-0.39, 0.29) is 5.91 Å². The third-order valence-corrected chi connectivity index (χ3v) is 6.24. The second-order valence-corrected chi connectivity index (χ2v) is 7.35. The van der Waals surface area contributed by atoms with Crippen LogP contribution in [-0.2, 0) is 6.54 Å². The second kappa shape index (κ2) is 8.25. The molecule has 1 amide bonds. The lowest BCUT2D eigenvalue weighted by Gasteiger charge is -2.10. The molecule has 1 aromatic heterocycles. The lowest BCUT2D eigenvalue weighted by Crippen LogP contribution is -2.22. The SMILES string of the molecule is COc1ccc(CNC(=O)c2sc3c(Cl)c(OC)ccc3c2Cl)cc1OC. The first-order valence-electron chi connectivity index (χ1n) is 7.93. The summed E-state index contributed by atoms with van der Waals surface area (Å²) in [7, 11) is 4.68. The third-order valence-electron chi connectivity index (χ3n) is 4.03. The van der Waals surface area contributed by atoms with Crippen molar-refractivity contribution >= 4 is 50.5 Å². The molecular formula is C19H17Cl2NO4S. The fourth-order valence-corrected chi connectivity index (χ4v) is 4.45. The van der Waals surface area contributed by atoms with Crippen LogP contribution in [0.2, 0.25) is 10.0 Å². The number of ether oxygens (including phenoxy) is 3. The van der Waals surface area contributed by atoms with E-state index in [0.717, 1.165) is 15.6 Å². The van der Waals surface area contributed by atoms with E-state index in [9.17, 15) is 4.79 Å². The maximum absolute atomic E-state index is 12.6. The van der Waals surface area contributed by atoms with Crippen LogP contribution in [0.25, 0.3) is 10.1 Å². The maximum Gasteiger partial charge on any atom is 0.263 e. The molecule has 8 heteroatoms. The van der Waals surface area contributed by atoms with Crippen molar-refractivity contribution in [3.8, 4) is 17.2 Å². The van der Waals surface area contributed by atoms with Crippen LogP contribution in [0.1, 0.15) is 15.2 Å². The number of benzene rings is 2. The van der Waals surface area contributed by atoms with Crippen molar-refractivity contribution in [3.05, 3.63) is 50.8 Å². The summed E-state index contributed by atoms with van der Waals surface area (Å²) in [5.41, 5.74) is 0.873. The molecule has 0 unspecified atom stereocenters.